The first-order chi connectivity index (χ1) is 9.25. The molecule has 1 rings (SSSR count). The minimum absolute atomic E-state index is 0.195. The molecule has 0 heterocycles. The lowest BCUT2D eigenvalue weighted by molar-refractivity contribution is -0.124. The lowest BCUT2D eigenvalue weighted by Gasteiger charge is -2.26. The third kappa shape index (κ3) is 4.85. The summed E-state index contributed by atoms with van der Waals surface area (Å²) < 4.78 is 0. The van der Waals surface area contributed by atoms with Gasteiger partial charge in [-0.25, -0.2) is 0 Å². The predicted octanol–water partition coefficient (Wildman–Crippen LogP) is 2.76. The van der Waals surface area contributed by atoms with Crippen LogP contribution in [0.2, 0.25) is 5.02 Å². The van der Waals surface area contributed by atoms with Crippen LogP contribution in [0.15, 0.2) is 24.3 Å². The highest BCUT2D eigenvalue weighted by Crippen LogP contribution is 2.10. The summed E-state index contributed by atoms with van der Waals surface area (Å²) in [6.07, 6.45) is 0.816. The third-order valence-corrected chi connectivity index (χ3v) is 3.44. The van der Waals surface area contributed by atoms with Crippen molar-refractivity contribution >= 4 is 23.4 Å². The first-order valence-corrected chi connectivity index (χ1v) is 7.01. The van der Waals surface area contributed by atoms with E-state index in [4.69, 9.17) is 11.6 Å². The summed E-state index contributed by atoms with van der Waals surface area (Å²) >= 11 is 5.77. The van der Waals surface area contributed by atoms with Crippen molar-refractivity contribution < 1.29 is 9.59 Å². The highest BCUT2D eigenvalue weighted by Gasteiger charge is 2.23. The molecule has 0 aliphatic carbocycles. The van der Waals surface area contributed by atoms with E-state index in [1.807, 2.05) is 20.8 Å². The van der Waals surface area contributed by atoms with E-state index < -0.39 is 6.04 Å². The van der Waals surface area contributed by atoms with Crippen LogP contribution < -0.4 is 10.6 Å². The Morgan fingerprint density at radius 1 is 1.25 bits per heavy atom. The number of carbonyl (C=O) groups excluding carboxylic acids is 2. The molecule has 0 aromatic heterocycles. The fourth-order valence-electron chi connectivity index (χ4n) is 1.48. The van der Waals surface area contributed by atoms with E-state index >= 15 is 0 Å². The molecule has 1 aromatic carbocycles. The smallest absolute Gasteiger partial charge is 0.251 e. The summed E-state index contributed by atoms with van der Waals surface area (Å²) in [4.78, 5) is 24.0. The second-order valence-corrected chi connectivity index (χ2v) is 5.87. The van der Waals surface area contributed by atoms with Crippen LogP contribution in [0.3, 0.4) is 0 Å². The van der Waals surface area contributed by atoms with Gasteiger partial charge in [0.2, 0.25) is 5.91 Å². The monoisotopic (exact) mass is 296 g/mol. The molecule has 2 amide bonds. The first kappa shape index (κ1) is 16.5. The molecule has 1 atom stereocenters. The normalized spacial score (nSPS) is 12.7. The van der Waals surface area contributed by atoms with Gasteiger partial charge in [-0.15, -0.1) is 0 Å². The number of hydrogen-bond donors (Lipinski definition) is 2. The molecular weight excluding hydrogens is 276 g/mol. The van der Waals surface area contributed by atoms with Crippen LogP contribution in [0.1, 0.15) is 44.5 Å². The second-order valence-electron chi connectivity index (χ2n) is 5.43. The molecule has 2 N–H and O–H groups in total. The molecule has 0 aliphatic rings. The van der Waals surface area contributed by atoms with Crippen LogP contribution >= 0.6 is 11.6 Å². The zero-order chi connectivity index (χ0) is 15.3. The standard InChI is InChI=1S/C15H21ClN2O2/c1-5-15(3,4)18-13(19)10(2)17-14(20)11-6-8-12(16)9-7-11/h6-10H,5H2,1-4H3,(H,17,20)(H,18,19). The highest BCUT2D eigenvalue weighted by molar-refractivity contribution is 6.30. The number of halogens is 1. The average molecular weight is 297 g/mol. The molecule has 1 unspecified atom stereocenters. The van der Waals surface area contributed by atoms with E-state index in [9.17, 15) is 9.59 Å². The lowest BCUT2D eigenvalue weighted by atomic mass is 10.0. The summed E-state index contributed by atoms with van der Waals surface area (Å²) in [5, 5.41) is 6.13. The Morgan fingerprint density at radius 2 is 1.80 bits per heavy atom. The Bertz CT molecular complexity index is 483. The largest absolute Gasteiger partial charge is 0.349 e. The number of nitrogens with one attached hydrogen (secondary N) is 2. The molecule has 0 bridgehead atoms. The summed E-state index contributed by atoms with van der Waals surface area (Å²) in [6.45, 7) is 7.55. The second kappa shape index (κ2) is 6.75. The fraction of sp³-hybridized carbons (Fsp3) is 0.467. The van der Waals surface area contributed by atoms with Crippen molar-refractivity contribution in [2.75, 3.05) is 0 Å². The minimum atomic E-state index is -0.594. The SMILES string of the molecule is CCC(C)(C)NC(=O)C(C)NC(=O)c1ccc(Cl)cc1. The molecule has 0 fully saturated rings. The molecule has 0 spiro atoms. The van der Waals surface area contributed by atoms with Gasteiger partial charge >= 0.3 is 0 Å². The van der Waals surface area contributed by atoms with Crippen LogP contribution in [0, 0.1) is 0 Å². The lowest BCUT2D eigenvalue weighted by Crippen LogP contribution is -2.51. The van der Waals surface area contributed by atoms with Crippen molar-refractivity contribution in [2.45, 2.75) is 45.7 Å². The summed E-state index contributed by atoms with van der Waals surface area (Å²) in [7, 11) is 0. The number of carbonyl (C=O) groups is 2. The van der Waals surface area contributed by atoms with Gasteiger partial charge in [0.25, 0.3) is 5.91 Å². The summed E-state index contributed by atoms with van der Waals surface area (Å²) in [5.74, 6) is -0.488. The number of rotatable bonds is 5. The van der Waals surface area contributed by atoms with Crippen LogP contribution in [0.5, 0.6) is 0 Å². The van der Waals surface area contributed by atoms with E-state index in [-0.39, 0.29) is 17.4 Å². The maximum atomic E-state index is 12.0. The highest BCUT2D eigenvalue weighted by atomic mass is 35.5. The van der Waals surface area contributed by atoms with Gasteiger partial charge in [0.15, 0.2) is 0 Å². The van der Waals surface area contributed by atoms with Crippen LogP contribution in [0.4, 0.5) is 0 Å². The molecule has 110 valence electrons. The van der Waals surface area contributed by atoms with Crippen LogP contribution in [-0.4, -0.2) is 23.4 Å². The Hall–Kier alpha value is -1.55. The van der Waals surface area contributed by atoms with Gasteiger partial charge in [-0.1, -0.05) is 18.5 Å². The quantitative estimate of drug-likeness (QED) is 0.878. The van der Waals surface area contributed by atoms with Crippen molar-refractivity contribution in [2.24, 2.45) is 0 Å². The van der Waals surface area contributed by atoms with E-state index in [0.29, 0.717) is 10.6 Å². The van der Waals surface area contributed by atoms with Crippen molar-refractivity contribution in [1.29, 1.82) is 0 Å². The molecule has 20 heavy (non-hydrogen) atoms. The molecule has 0 saturated heterocycles. The Kier molecular flexibility index (Phi) is 5.57. The van der Waals surface area contributed by atoms with E-state index in [1.165, 1.54) is 0 Å². The molecule has 0 aliphatic heterocycles. The molecule has 4 nitrogen and oxygen atoms in total. The van der Waals surface area contributed by atoms with E-state index in [2.05, 4.69) is 10.6 Å². The maximum Gasteiger partial charge on any atom is 0.251 e. The van der Waals surface area contributed by atoms with Crippen molar-refractivity contribution in [1.82, 2.24) is 10.6 Å². The van der Waals surface area contributed by atoms with Crippen LogP contribution in [-0.2, 0) is 4.79 Å². The van der Waals surface area contributed by atoms with Gasteiger partial charge in [0.05, 0.1) is 0 Å². The van der Waals surface area contributed by atoms with Gasteiger partial charge in [0, 0.05) is 16.1 Å². The summed E-state index contributed by atoms with van der Waals surface area (Å²) in [6, 6.07) is 5.93. The van der Waals surface area contributed by atoms with Gasteiger partial charge in [-0.2, -0.15) is 0 Å². The molecule has 1 aromatic rings. The minimum Gasteiger partial charge on any atom is -0.349 e. The number of hydrogen-bond acceptors (Lipinski definition) is 2. The van der Waals surface area contributed by atoms with Gasteiger partial charge in [-0.3, -0.25) is 9.59 Å². The van der Waals surface area contributed by atoms with E-state index in [0.717, 1.165) is 6.42 Å². The molecule has 0 saturated carbocycles. The Labute approximate surface area is 124 Å². The average Bonchev–Trinajstić information content (AvgIpc) is 2.38. The molecule has 5 heteroatoms. The first-order valence-electron chi connectivity index (χ1n) is 6.63. The number of amides is 2. The van der Waals surface area contributed by atoms with Crippen molar-refractivity contribution in [3.8, 4) is 0 Å². The fourth-order valence-corrected chi connectivity index (χ4v) is 1.60. The van der Waals surface area contributed by atoms with Gasteiger partial charge in [0.1, 0.15) is 6.04 Å². The summed E-state index contributed by atoms with van der Waals surface area (Å²) in [5.41, 5.74) is 0.194. The maximum absolute atomic E-state index is 12.0. The third-order valence-electron chi connectivity index (χ3n) is 3.19. The van der Waals surface area contributed by atoms with Crippen molar-refractivity contribution in [3.05, 3.63) is 34.9 Å². The molecular formula is C15H21ClN2O2. The van der Waals surface area contributed by atoms with Gasteiger partial charge < -0.3 is 10.6 Å². The zero-order valence-electron chi connectivity index (χ0n) is 12.3. The zero-order valence-corrected chi connectivity index (χ0v) is 13.0. The van der Waals surface area contributed by atoms with Crippen molar-refractivity contribution in [3.63, 3.8) is 0 Å². The van der Waals surface area contributed by atoms with E-state index in [1.54, 1.807) is 31.2 Å². The molecule has 0 radical (unpaired) electrons. The topological polar surface area (TPSA) is 58.2 Å². The Morgan fingerprint density at radius 3 is 2.30 bits per heavy atom. The van der Waals surface area contributed by atoms with Crippen LogP contribution in [0.25, 0.3) is 0 Å². The Balaban J connectivity index is 2.61. The van der Waals surface area contributed by atoms with Gasteiger partial charge in [-0.05, 0) is 51.5 Å². The predicted molar refractivity (Wildman–Crippen MR) is 80.9 cm³/mol. The number of benzene rings is 1.